The van der Waals surface area contributed by atoms with Crippen LogP contribution in [0.25, 0.3) is 0 Å². The third kappa shape index (κ3) is 3.71. The summed E-state index contributed by atoms with van der Waals surface area (Å²) < 4.78 is 10.5. The summed E-state index contributed by atoms with van der Waals surface area (Å²) in [4.78, 5) is 37.0. The molecule has 1 aromatic carbocycles. The van der Waals surface area contributed by atoms with Gasteiger partial charge in [-0.15, -0.1) is 0 Å². The van der Waals surface area contributed by atoms with Crippen LogP contribution in [0.5, 0.6) is 0 Å². The second kappa shape index (κ2) is 7.40. The van der Waals surface area contributed by atoms with E-state index in [9.17, 15) is 14.4 Å². The van der Waals surface area contributed by atoms with Crippen molar-refractivity contribution in [3.05, 3.63) is 48.0 Å². The van der Waals surface area contributed by atoms with Crippen molar-refractivity contribution >= 4 is 17.8 Å². The summed E-state index contributed by atoms with van der Waals surface area (Å²) in [5.74, 6) is -1.16. The highest BCUT2D eigenvalue weighted by Crippen LogP contribution is 2.27. The number of nitrogens with zero attached hydrogens (tertiary/aromatic N) is 1. The number of rotatable bonds is 5. The number of carbonyl (C=O) groups excluding carboxylic acids is 3. The molecule has 6 nitrogen and oxygen atoms in total. The van der Waals surface area contributed by atoms with Crippen molar-refractivity contribution < 1.29 is 23.9 Å². The number of imide groups is 1. The van der Waals surface area contributed by atoms with E-state index in [1.54, 1.807) is 6.08 Å². The maximum absolute atomic E-state index is 12.6. The van der Waals surface area contributed by atoms with Crippen LogP contribution in [0.4, 0.5) is 4.79 Å². The van der Waals surface area contributed by atoms with Crippen molar-refractivity contribution in [2.45, 2.75) is 13.0 Å². The minimum absolute atomic E-state index is 0.0311. The zero-order chi connectivity index (χ0) is 16.9. The molecule has 2 aliphatic rings. The van der Waals surface area contributed by atoms with E-state index in [1.807, 2.05) is 30.3 Å². The molecule has 1 aromatic rings. The molecule has 0 radical (unpaired) electrons. The van der Waals surface area contributed by atoms with E-state index in [0.29, 0.717) is 6.61 Å². The zero-order valence-corrected chi connectivity index (χ0v) is 13.2. The predicted molar refractivity (Wildman–Crippen MR) is 84.9 cm³/mol. The third-order valence-electron chi connectivity index (χ3n) is 4.22. The molecule has 24 heavy (non-hydrogen) atoms. The lowest BCUT2D eigenvalue weighted by atomic mass is 9.83. The van der Waals surface area contributed by atoms with Gasteiger partial charge in [-0.25, -0.2) is 9.69 Å². The average Bonchev–Trinajstić information content (AvgIpc) is 3.01. The first kappa shape index (κ1) is 16.4. The predicted octanol–water partition coefficient (Wildman–Crippen LogP) is 1.94. The van der Waals surface area contributed by atoms with Gasteiger partial charge >= 0.3 is 6.09 Å². The molecular weight excluding hydrogens is 310 g/mol. The molecule has 2 amide bonds. The van der Waals surface area contributed by atoms with Crippen LogP contribution >= 0.6 is 0 Å². The molecule has 0 N–H and O–H groups in total. The van der Waals surface area contributed by atoms with Gasteiger partial charge < -0.3 is 9.47 Å². The third-order valence-corrected chi connectivity index (χ3v) is 4.22. The number of allylic oxidation sites excluding steroid dienone is 1. The smallest absolute Gasteiger partial charge is 0.416 e. The van der Waals surface area contributed by atoms with Crippen LogP contribution in [0.3, 0.4) is 0 Å². The summed E-state index contributed by atoms with van der Waals surface area (Å²) >= 11 is 0. The van der Waals surface area contributed by atoms with Crippen molar-refractivity contribution in [1.82, 2.24) is 4.90 Å². The van der Waals surface area contributed by atoms with Gasteiger partial charge in [0.25, 0.3) is 0 Å². The number of hydrogen-bond donors (Lipinski definition) is 0. The van der Waals surface area contributed by atoms with E-state index in [1.165, 1.54) is 6.08 Å². The molecule has 0 unspecified atom stereocenters. The Kier molecular flexibility index (Phi) is 5.05. The fourth-order valence-corrected chi connectivity index (χ4v) is 2.94. The molecule has 0 aromatic heterocycles. The molecule has 0 spiro atoms. The van der Waals surface area contributed by atoms with Crippen molar-refractivity contribution in [3.8, 4) is 0 Å². The lowest BCUT2D eigenvalue weighted by Gasteiger charge is -2.27. The normalized spacial score (nSPS) is 23.4. The summed E-state index contributed by atoms with van der Waals surface area (Å²) in [6.45, 7) is 1.18. The van der Waals surface area contributed by atoms with Crippen molar-refractivity contribution in [1.29, 1.82) is 0 Å². The van der Waals surface area contributed by atoms with Gasteiger partial charge in [-0.3, -0.25) is 9.59 Å². The average molecular weight is 329 g/mol. The Bertz CT molecular complexity index is 655. The molecule has 126 valence electrons. The SMILES string of the molecule is O=C1C=C[C@@H](C(=O)N2CCOC2=O)[C@H](COCc2ccccc2)C1. The Morgan fingerprint density at radius 1 is 1.25 bits per heavy atom. The standard InChI is InChI=1S/C18H19NO5/c20-15-6-7-16(17(21)19-8-9-24-18(19)22)14(10-15)12-23-11-13-4-2-1-3-5-13/h1-7,14,16H,8-12H2/t14-,16+/m0/s1. The lowest BCUT2D eigenvalue weighted by molar-refractivity contribution is -0.133. The molecule has 1 aliphatic heterocycles. The van der Waals surface area contributed by atoms with Gasteiger partial charge in [-0.1, -0.05) is 36.4 Å². The van der Waals surface area contributed by atoms with E-state index in [4.69, 9.17) is 9.47 Å². The zero-order valence-electron chi connectivity index (χ0n) is 13.2. The molecule has 0 saturated carbocycles. The largest absolute Gasteiger partial charge is 0.447 e. The van der Waals surface area contributed by atoms with Gasteiger partial charge in [0, 0.05) is 12.3 Å². The van der Waals surface area contributed by atoms with Crippen molar-refractivity contribution in [2.75, 3.05) is 19.8 Å². The monoisotopic (exact) mass is 329 g/mol. The fourth-order valence-electron chi connectivity index (χ4n) is 2.94. The molecule has 3 rings (SSSR count). The van der Waals surface area contributed by atoms with E-state index in [-0.39, 0.29) is 43.8 Å². The summed E-state index contributed by atoms with van der Waals surface area (Å²) in [6, 6.07) is 9.69. The molecule has 1 aliphatic carbocycles. The van der Waals surface area contributed by atoms with Gasteiger partial charge in [0.1, 0.15) is 6.61 Å². The molecule has 1 heterocycles. The summed E-state index contributed by atoms with van der Waals surface area (Å²) in [7, 11) is 0. The maximum atomic E-state index is 12.6. The van der Waals surface area contributed by atoms with Gasteiger partial charge in [0.15, 0.2) is 5.78 Å². The van der Waals surface area contributed by atoms with Crippen molar-refractivity contribution in [3.63, 3.8) is 0 Å². The fraction of sp³-hybridized carbons (Fsp3) is 0.389. The topological polar surface area (TPSA) is 72.9 Å². The summed E-state index contributed by atoms with van der Waals surface area (Å²) in [5.41, 5.74) is 1.03. The van der Waals surface area contributed by atoms with Gasteiger partial charge in [-0.05, 0) is 11.6 Å². The Balaban J connectivity index is 1.63. The molecule has 6 heteroatoms. The second-order valence-electron chi connectivity index (χ2n) is 5.92. The number of amides is 2. The highest BCUT2D eigenvalue weighted by Gasteiger charge is 2.38. The minimum Gasteiger partial charge on any atom is -0.447 e. The lowest BCUT2D eigenvalue weighted by Crippen LogP contribution is -2.41. The number of benzene rings is 1. The molecule has 0 bridgehead atoms. The van der Waals surface area contributed by atoms with Crippen LogP contribution in [0.1, 0.15) is 12.0 Å². The quantitative estimate of drug-likeness (QED) is 0.825. The van der Waals surface area contributed by atoms with E-state index >= 15 is 0 Å². The Morgan fingerprint density at radius 2 is 2.04 bits per heavy atom. The van der Waals surface area contributed by atoms with Crippen LogP contribution in [0.2, 0.25) is 0 Å². The van der Waals surface area contributed by atoms with Crippen LogP contribution in [-0.2, 0) is 25.7 Å². The molecule has 2 atom stereocenters. The van der Waals surface area contributed by atoms with E-state index < -0.39 is 12.0 Å². The van der Waals surface area contributed by atoms with Crippen LogP contribution in [0.15, 0.2) is 42.5 Å². The second-order valence-corrected chi connectivity index (χ2v) is 5.92. The van der Waals surface area contributed by atoms with Crippen LogP contribution in [0, 0.1) is 11.8 Å². The van der Waals surface area contributed by atoms with E-state index in [2.05, 4.69) is 0 Å². The number of ether oxygens (including phenoxy) is 2. The Hall–Kier alpha value is -2.47. The number of carbonyl (C=O) groups is 3. The first-order valence-electron chi connectivity index (χ1n) is 7.96. The first-order chi connectivity index (χ1) is 11.6. The Morgan fingerprint density at radius 3 is 2.75 bits per heavy atom. The minimum atomic E-state index is -0.616. The van der Waals surface area contributed by atoms with Crippen LogP contribution in [-0.4, -0.2) is 42.4 Å². The van der Waals surface area contributed by atoms with E-state index in [0.717, 1.165) is 10.5 Å². The van der Waals surface area contributed by atoms with Gasteiger partial charge in [0.05, 0.1) is 25.7 Å². The highest BCUT2D eigenvalue weighted by molar-refractivity contribution is 5.98. The van der Waals surface area contributed by atoms with Crippen LogP contribution < -0.4 is 0 Å². The first-order valence-corrected chi connectivity index (χ1v) is 7.96. The van der Waals surface area contributed by atoms with Crippen molar-refractivity contribution in [2.24, 2.45) is 11.8 Å². The Labute approximate surface area is 140 Å². The number of ketones is 1. The summed E-state index contributed by atoms with van der Waals surface area (Å²) in [5, 5.41) is 0. The van der Waals surface area contributed by atoms with Gasteiger partial charge in [-0.2, -0.15) is 0 Å². The number of cyclic esters (lactones) is 1. The van der Waals surface area contributed by atoms with Gasteiger partial charge in [0.2, 0.25) is 5.91 Å². The number of hydrogen-bond acceptors (Lipinski definition) is 5. The maximum Gasteiger partial charge on any atom is 0.416 e. The molecule has 1 saturated heterocycles. The molecular formula is C18H19NO5. The summed E-state index contributed by atoms with van der Waals surface area (Å²) in [6.07, 6.45) is 2.62. The molecule has 1 fully saturated rings. The highest BCUT2D eigenvalue weighted by atomic mass is 16.6.